The first kappa shape index (κ1) is 8.88. The van der Waals surface area contributed by atoms with Crippen LogP contribution in [0, 0.1) is 11.8 Å². The Labute approximate surface area is 82.3 Å². The maximum atomic E-state index is 11.5. The van der Waals surface area contributed by atoms with E-state index in [0.29, 0.717) is 0 Å². The van der Waals surface area contributed by atoms with Crippen molar-refractivity contribution in [3.63, 3.8) is 0 Å². The van der Waals surface area contributed by atoms with E-state index in [1.54, 1.807) is 24.3 Å². The zero-order valence-electron chi connectivity index (χ0n) is 7.59. The van der Waals surface area contributed by atoms with Gasteiger partial charge in [-0.05, 0) is 12.2 Å². The van der Waals surface area contributed by atoms with Gasteiger partial charge in [-0.25, -0.2) is 0 Å². The number of carbonyl (C=O) groups excluding carboxylic acids is 2. The summed E-state index contributed by atoms with van der Waals surface area (Å²) >= 11 is 0. The van der Waals surface area contributed by atoms with Crippen LogP contribution in [-0.4, -0.2) is 11.6 Å². The van der Waals surface area contributed by atoms with Crippen LogP contribution in [-0.2, 0) is 9.59 Å². The molecule has 0 aliphatic heterocycles. The third kappa shape index (κ3) is 1.51. The zero-order chi connectivity index (χ0) is 9.97. The molecule has 0 aromatic rings. The van der Waals surface area contributed by atoms with E-state index in [1.807, 2.05) is 12.2 Å². The zero-order valence-corrected chi connectivity index (χ0v) is 7.59. The predicted molar refractivity (Wildman–Crippen MR) is 53.6 cm³/mol. The highest BCUT2D eigenvalue weighted by molar-refractivity contribution is 6.02. The first-order valence-corrected chi connectivity index (χ1v) is 4.56. The minimum atomic E-state index is -0.311. The molecule has 2 rings (SSSR count). The van der Waals surface area contributed by atoms with Gasteiger partial charge in [-0.2, -0.15) is 0 Å². The van der Waals surface area contributed by atoms with Crippen molar-refractivity contribution in [1.29, 1.82) is 0 Å². The molecule has 0 heterocycles. The summed E-state index contributed by atoms with van der Waals surface area (Å²) < 4.78 is 0. The van der Waals surface area contributed by atoms with Gasteiger partial charge in [0.2, 0.25) is 0 Å². The smallest absolute Gasteiger partial charge is 0.163 e. The lowest BCUT2D eigenvalue weighted by molar-refractivity contribution is -0.124. The molecule has 0 radical (unpaired) electrons. The largest absolute Gasteiger partial charge is 0.294 e. The van der Waals surface area contributed by atoms with Gasteiger partial charge in [-0.15, -0.1) is 0 Å². The highest BCUT2D eigenvalue weighted by atomic mass is 16.1. The fourth-order valence-electron chi connectivity index (χ4n) is 1.67. The fraction of sp³-hybridized carbons (Fsp3) is 0.167. The van der Waals surface area contributed by atoms with Crippen LogP contribution in [0.15, 0.2) is 48.6 Å². The van der Waals surface area contributed by atoms with Crippen LogP contribution >= 0.6 is 0 Å². The van der Waals surface area contributed by atoms with Gasteiger partial charge in [0.1, 0.15) is 0 Å². The molecular formula is C12H10O2. The molecule has 70 valence electrons. The Morgan fingerprint density at radius 2 is 1.14 bits per heavy atom. The van der Waals surface area contributed by atoms with Crippen LogP contribution in [0.2, 0.25) is 0 Å². The van der Waals surface area contributed by atoms with Gasteiger partial charge in [0.15, 0.2) is 11.6 Å². The lowest BCUT2D eigenvalue weighted by atomic mass is 9.81. The number of ketones is 2. The van der Waals surface area contributed by atoms with Crippen LogP contribution in [0.4, 0.5) is 0 Å². The molecular weight excluding hydrogens is 176 g/mol. The predicted octanol–water partition coefficient (Wildman–Crippen LogP) is 1.61. The van der Waals surface area contributed by atoms with Crippen molar-refractivity contribution in [1.82, 2.24) is 0 Å². The first-order valence-electron chi connectivity index (χ1n) is 4.56. The number of allylic oxidation sites excluding steroid dienone is 8. The standard InChI is InChI=1S/C12H10O2/c13-11-7-3-1-5-9(11)10-6-2-4-8-12(10)14/h1-10H/t9-,10-/m1/s1. The van der Waals surface area contributed by atoms with Crippen LogP contribution in [0.5, 0.6) is 0 Å². The van der Waals surface area contributed by atoms with Crippen molar-refractivity contribution >= 4 is 11.6 Å². The Morgan fingerprint density at radius 3 is 1.50 bits per heavy atom. The second kappa shape index (κ2) is 3.58. The molecule has 0 saturated carbocycles. The molecule has 0 N–H and O–H groups in total. The van der Waals surface area contributed by atoms with Gasteiger partial charge in [-0.1, -0.05) is 36.5 Å². The van der Waals surface area contributed by atoms with E-state index in [4.69, 9.17) is 0 Å². The monoisotopic (exact) mass is 186 g/mol. The van der Waals surface area contributed by atoms with Crippen LogP contribution < -0.4 is 0 Å². The Kier molecular flexibility index (Phi) is 2.27. The summed E-state index contributed by atoms with van der Waals surface area (Å²) in [5.41, 5.74) is 0. The lowest BCUT2D eigenvalue weighted by Gasteiger charge is -2.19. The number of carbonyl (C=O) groups is 2. The Balaban J connectivity index is 2.23. The summed E-state index contributed by atoms with van der Waals surface area (Å²) in [6.45, 7) is 0. The second-order valence-electron chi connectivity index (χ2n) is 3.34. The number of hydrogen-bond donors (Lipinski definition) is 0. The van der Waals surface area contributed by atoms with Crippen molar-refractivity contribution in [2.24, 2.45) is 11.8 Å². The van der Waals surface area contributed by atoms with Gasteiger partial charge < -0.3 is 0 Å². The Hall–Kier alpha value is -1.70. The van der Waals surface area contributed by atoms with Crippen molar-refractivity contribution < 1.29 is 9.59 Å². The topological polar surface area (TPSA) is 34.1 Å². The molecule has 0 amide bonds. The molecule has 0 saturated heterocycles. The lowest BCUT2D eigenvalue weighted by Crippen LogP contribution is -2.27. The highest BCUT2D eigenvalue weighted by Crippen LogP contribution is 2.23. The minimum absolute atomic E-state index is 0.00537. The number of hydrogen-bond acceptors (Lipinski definition) is 2. The number of rotatable bonds is 1. The van der Waals surface area contributed by atoms with Gasteiger partial charge >= 0.3 is 0 Å². The van der Waals surface area contributed by atoms with Gasteiger partial charge in [0.05, 0.1) is 11.8 Å². The fourth-order valence-corrected chi connectivity index (χ4v) is 1.67. The van der Waals surface area contributed by atoms with Crippen molar-refractivity contribution in [3.05, 3.63) is 48.6 Å². The second-order valence-corrected chi connectivity index (χ2v) is 3.34. The molecule has 0 unspecified atom stereocenters. The third-order valence-corrected chi connectivity index (χ3v) is 2.42. The van der Waals surface area contributed by atoms with E-state index >= 15 is 0 Å². The average Bonchev–Trinajstić information content (AvgIpc) is 2.20. The molecule has 2 aliphatic carbocycles. The Bertz CT molecular complexity index is 345. The maximum absolute atomic E-state index is 11.5. The SMILES string of the molecule is O=C1C=CC=C[C@@H]1[C@H]1C=CC=CC1=O. The average molecular weight is 186 g/mol. The normalized spacial score (nSPS) is 30.0. The highest BCUT2D eigenvalue weighted by Gasteiger charge is 2.28. The van der Waals surface area contributed by atoms with Crippen LogP contribution in [0.1, 0.15) is 0 Å². The molecule has 0 spiro atoms. The van der Waals surface area contributed by atoms with E-state index in [2.05, 4.69) is 0 Å². The summed E-state index contributed by atoms with van der Waals surface area (Å²) in [6, 6.07) is 0. The molecule has 2 heteroatoms. The van der Waals surface area contributed by atoms with Crippen molar-refractivity contribution in [3.8, 4) is 0 Å². The summed E-state index contributed by atoms with van der Waals surface area (Å²) in [6.07, 6.45) is 13.6. The van der Waals surface area contributed by atoms with E-state index in [1.165, 1.54) is 12.2 Å². The molecule has 2 nitrogen and oxygen atoms in total. The van der Waals surface area contributed by atoms with E-state index < -0.39 is 0 Å². The summed E-state index contributed by atoms with van der Waals surface area (Å²) in [5.74, 6) is -0.612. The van der Waals surface area contributed by atoms with Gasteiger partial charge in [0, 0.05) is 0 Å². The van der Waals surface area contributed by atoms with Gasteiger partial charge in [-0.3, -0.25) is 9.59 Å². The third-order valence-electron chi connectivity index (χ3n) is 2.42. The van der Waals surface area contributed by atoms with E-state index in [9.17, 15) is 9.59 Å². The van der Waals surface area contributed by atoms with Gasteiger partial charge in [0.25, 0.3) is 0 Å². The van der Waals surface area contributed by atoms with Crippen molar-refractivity contribution in [2.75, 3.05) is 0 Å². The molecule has 0 fully saturated rings. The van der Waals surface area contributed by atoms with Crippen LogP contribution in [0.3, 0.4) is 0 Å². The summed E-state index contributed by atoms with van der Waals surface area (Å²) in [4.78, 5) is 23.0. The molecule has 0 aromatic heterocycles. The first-order chi connectivity index (χ1) is 6.79. The molecule has 14 heavy (non-hydrogen) atoms. The van der Waals surface area contributed by atoms with Crippen molar-refractivity contribution in [2.45, 2.75) is 0 Å². The minimum Gasteiger partial charge on any atom is -0.294 e. The molecule has 0 aromatic carbocycles. The maximum Gasteiger partial charge on any atom is 0.163 e. The molecule has 2 atom stereocenters. The Morgan fingerprint density at radius 1 is 0.714 bits per heavy atom. The molecule has 0 bridgehead atoms. The van der Waals surface area contributed by atoms with E-state index in [0.717, 1.165) is 0 Å². The summed E-state index contributed by atoms with van der Waals surface area (Å²) in [7, 11) is 0. The van der Waals surface area contributed by atoms with Crippen LogP contribution in [0.25, 0.3) is 0 Å². The quantitative estimate of drug-likeness (QED) is 0.623. The molecule has 2 aliphatic rings. The summed E-state index contributed by atoms with van der Waals surface area (Å²) in [5, 5.41) is 0. The van der Waals surface area contributed by atoms with E-state index in [-0.39, 0.29) is 23.4 Å².